The standard InChI is InChI=1S/C12H9ClN4O2/c1-16-5-7(14-15-16)6-17-10-8(11(18)12(17)19)3-2-4-9(10)13/h2-5H,6H2,1H3. The molecule has 0 unspecified atom stereocenters. The van der Waals surface area contributed by atoms with E-state index in [-0.39, 0.29) is 6.54 Å². The summed E-state index contributed by atoms with van der Waals surface area (Å²) in [5.41, 5.74) is 1.38. The van der Waals surface area contributed by atoms with E-state index in [1.165, 1.54) is 9.58 Å². The highest BCUT2D eigenvalue weighted by Gasteiger charge is 2.37. The number of fused-ring (bicyclic) bond motifs is 1. The van der Waals surface area contributed by atoms with Gasteiger partial charge in [-0.1, -0.05) is 22.9 Å². The fourth-order valence-electron chi connectivity index (χ4n) is 2.09. The van der Waals surface area contributed by atoms with E-state index in [1.54, 1.807) is 31.4 Å². The van der Waals surface area contributed by atoms with Crippen molar-refractivity contribution in [3.8, 4) is 0 Å². The number of halogens is 1. The van der Waals surface area contributed by atoms with Gasteiger partial charge in [-0.2, -0.15) is 0 Å². The first-order valence-corrected chi connectivity index (χ1v) is 5.95. The van der Waals surface area contributed by atoms with Crippen molar-refractivity contribution in [3.05, 3.63) is 40.7 Å². The number of aryl methyl sites for hydroxylation is 1. The Morgan fingerprint density at radius 2 is 2.11 bits per heavy atom. The topological polar surface area (TPSA) is 68.1 Å². The van der Waals surface area contributed by atoms with Crippen LogP contribution in [0.2, 0.25) is 5.02 Å². The van der Waals surface area contributed by atoms with Crippen LogP contribution in [0.5, 0.6) is 0 Å². The Morgan fingerprint density at radius 3 is 2.79 bits per heavy atom. The second kappa shape index (κ2) is 4.17. The van der Waals surface area contributed by atoms with Crippen molar-refractivity contribution >= 4 is 29.0 Å². The lowest BCUT2D eigenvalue weighted by atomic mass is 10.1. The minimum atomic E-state index is -0.589. The number of amides is 1. The molecule has 0 bridgehead atoms. The molecule has 0 N–H and O–H groups in total. The van der Waals surface area contributed by atoms with Gasteiger partial charge in [-0.05, 0) is 12.1 Å². The molecule has 7 heteroatoms. The molecule has 0 fully saturated rings. The maximum absolute atomic E-state index is 12.0. The van der Waals surface area contributed by atoms with Crippen molar-refractivity contribution in [2.45, 2.75) is 6.54 Å². The van der Waals surface area contributed by atoms with Crippen LogP contribution >= 0.6 is 11.6 Å². The number of hydrogen-bond donors (Lipinski definition) is 0. The fraction of sp³-hybridized carbons (Fsp3) is 0.167. The zero-order valence-electron chi connectivity index (χ0n) is 10.00. The molecule has 0 aliphatic carbocycles. The van der Waals surface area contributed by atoms with E-state index < -0.39 is 11.7 Å². The third kappa shape index (κ3) is 1.80. The molecule has 6 nitrogen and oxygen atoms in total. The predicted molar refractivity (Wildman–Crippen MR) is 68.0 cm³/mol. The summed E-state index contributed by atoms with van der Waals surface area (Å²) >= 11 is 6.08. The van der Waals surface area contributed by atoms with Crippen LogP contribution in [0.15, 0.2) is 24.4 Å². The quantitative estimate of drug-likeness (QED) is 0.773. The molecule has 1 aromatic carbocycles. The Balaban J connectivity index is 2.04. The van der Waals surface area contributed by atoms with Gasteiger partial charge in [-0.3, -0.25) is 19.2 Å². The average Bonchev–Trinajstić information content (AvgIpc) is 2.89. The first-order chi connectivity index (χ1) is 9.08. The highest BCUT2D eigenvalue weighted by molar-refractivity contribution is 6.54. The van der Waals surface area contributed by atoms with E-state index >= 15 is 0 Å². The Kier molecular flexibility index (Phi) is 2.60. The molecule has 1 aliphatic heterocycles. The van der Waals surface area contributed by atoms with Gasteiger partial charge in [-0.25, -0.2) is 0 Å². The Morgan fingerprint density at radius 1 is 1.32 bits per heavy atom. The second-order valence-electron chi connectivity index (χ2n) is 4.24. The molecule has 1 amide bonds. The molecule has 0 radical (unpaired) electrons. The lowest BCUT2D eigenvalue weighted by molar-refractivity contribution is -0.114. The van der Waals surface area contributed by atoms with Crippen LogP contribution in [-0.2, 0) is 18.4 Å². The van der Waals surface area contributed by atoms with Crippen LogP contribution in [0.4, 0.5) is 5.69 Å². The molecule has 1 aliphatic rings. The van der Waals surface area contributed by atoms with Crippen molar-refractivity contribution in [1.29, 1.82) is 0 Å². The van der Waals surface area contributed by atoms with E-state index in [9.17, 15) is 9.59 Å². The van der Waals surface area contributed by atoms with Gasteiger partial charge in [0, 0.05) is 13.2 Å². The molecule has 0 atom stereocenters. The first-order valence-electron chi connectivity index (χ1n) is 5.58. The van der Waals surface area contributed by atoms with Crippen molar-refractivity contribution < 1.29 is 9.59 Å². The van der Waals surface area contributed by atoms with Gasteiger partial charge in [0.1, 0.15) is 5.69 Å². The van der Waals surface area contributed by atoms with Gasteiger partial charge in [0.05, 0.1) is 22.8 Å². The summed E-state index contributed by atoms with van der Waals surface area (Å²) in [5, 5.41) is 8.07. The first kappa shape index (κ1) is 11.9. The molecule has 3 rings (SSSR count). The summed E-state index contributed by atoms with van der Waals surface area (Å²) in [4.78, 5) is 25.2. The second-order valence-corrected chi connectivity index (χ2v) is 4.65. The van der Waals surface area contributed by atoms with E-state index in [0.29, 0.717) is 22.0 Å². The number of ketones is 1. The summed E-state index contributed by atoms with van der Waals surface area (Å²) < 4.78 is 1.53. The lowest BCUT2D eigenvalue weighted by Gasteiger charge is -2.15. The number of carbonyl (C=O) groups excluding carboxylic acids is 2. The molecule has 1 aromatic heterocycles. The van der Waals surface area contributed by atoms with Gasteiger partial charge in [0.25, 0.3) is 11.7 Å². The zero-order chi connectivity index (χ0) is 13.6. The van der Waals surface area contributed by atoms with Crippen molar-refractivity contribution in [1.82, 2.24) is 15.0 Å². The summed E-state index contributed by atoms with van der Waals surface area (Å²) in [7, 11) is 1.73. The summed E-state index contributed by atoms with van der Waals surface area (Å²) in [6.07, 6.45) is 1.69. The number of nitrogens with zero attached hydrogens (tertiary/aromatic N) is 4. The average molecular weight is 277 g/mol. The van der Waals surface area contributed by atoms with E-state index in [0.717, 1.165) is 0 Å². The molecule has 0 saturated carbocycles. The summed E-state index contributed by atoms with van der Waals surface area (Å²) in [6.45, 7) is 0.176. The predicted octanol–water partition coefficient (Wildman–Crippen LogP) is 1.20. The van der Waals surface area contributed by atoms with E-state index in [1.807, 2.05) is 0 Å². The highest BCUT2D eigenvalue weighted by Crippen LogP contribution is 2.36. The number of carbonyl (C=O) groups is 2. The molecule has 0 spiro atoms. The van der Waals surface area contributed by atoms with Crippen LogP contribution < -0.4 is 4.90 Å². The van der Waals surface area contributed by atoms with Crippen LogP contribution in [0, 0.1) is 0 Å². The number of benzene rings is 1. The molecule has 96 valence electrons. The van der Waals surface area contributed by atoms with Gasteiger partial charge in [-0.15, -0.1) is 5.10 Å². The zero-order valence-corrected chi connectivity index (χ0v) is 10.8. The van der Waals surface area contributed by atoms with E-state index in [2.05, 4.69) is 10.3 Å². The number of anilines is 1. The molecular formula is C12H9ClN4O2. The molecule has 19 heavy (non-hydrogen) atoms. The lowest BCUT2D eigenvalue weighted by Crippen LogP contribution is -2.29. The van der Waals surface area contributed by atoms with Crippen LogP contribution in [0.3, 0.4) is 0 Å². The number of para-hydroxylation sites is 1. The smallest absolute Gasteiger partial charge is 0.297 e. The van der Waals surface area contributed by atoms with Gasteiger partial charge >= 0.3 is 0 Å². The van der Waals surface area contributed by atoms with Gasteiger partial charge in [0.15, 0.2) is 0 Å². The Labute approximate surface area is 113 Å². The van der Waals surface area contributed by atoms with Gasteiger partial charge in [0.2, 0.25) is 0 Å². The van der Waals surface area contributed by atoms with Crippen LogP contribution in [0.1, 0.15) is 16.1 Å². The van der Waals surface area contributed by atoms with Gasteiger partial charge < -0.3 is 0 Å². The third-order valence-corrected chi connectivity index (χ3v) is 3.22. The number of aromatic nitrogens is 3. The number of hydrogen-bond acceptors (Lipinski definition) is 4. The van der Waals surface area contributed by atoms with Crippen LogP contribution in [0.25, 0.3) is 0 Å². The minimum absolute atomic E-state index is 0.176. The molecule has 2 heterocycles. The molecule has 0 saturated heterocycles. The largest absolute Gasteiger partial charge is 0.299 e. The summed E-state index contributed by atoms with van der Waals surface area (Å²) in [5.74, 6) is -1.13. The fourth-order valence-corrected chi connectivity index (χ4v) is 2.37. The normalized spacial score (nSPS) is 14.1. The monoisotopic (exact) mass is 276 g/mol. The SMILES string of the molecule is Cn1cc(CN2C(=O)C(=O)c3cccc(Cl)c32)nn1. The van der Waals surface area contributed by atoms with Crippen LogP contribution in [-0.4, -0.2) is 26.7 Å². The van der Waals surface area contributed by atoms with Crippen molar-refractivity contribution in [2.75, 3.05) is 4.90 Å². The number of rotatable bonds is 2. The summed E-state index contributed by atoms with van der Waals surface area (Å²) in [6, 6.07) is 4.90. The highest BCUT2D eigenvalue weighted by atomic mass is 35.5. The molecule has 2 aromatic rings. The Hall–Kier alpha value is -2.21. The van der Waals surface area contributed by atoms with Crippen molar-refractivity contribution in [2.24, 2.45) is 7.05 Å². The Bertz CT molecular complexity index is 695. The van der Waals surface area contributed by atoms with E-state index in [4.69, 9.17) is 11.6 Å². The number of Topliss-reactive ketones (excluding diaryl/α,β-unsaturated/α-hetero) is 1. The maximum atomic E-state index is 12.0. The molecular weight excluding hydrogens is 268 g/mol. The third-order valence-electron chi connectivity index (χ3n) is 2.91. The maximum Gasteiger partial charge on any atom is 0.299 e. The van der Waals surface area contributed by atoms with Crippen molar-refractivity contribution in [3.63, 3.8) is 0 Å². The minimum Gasteiger partial charge on any atom is -0.297 e.